The minimum absolute atomic E-state index is 0.233. The lowest BCUT2D eigenvalue weighted by atomic mass is 9.98. The number of carbonyl (C=O) groups is 1. The Balaban J connectivity index is 3.02. The van der Waals surface area contributed by atoms with Gasteiger partial charge >= 0.3 is 0 Å². The van der Waals surface area contributed by atoms with Gasteiger partial charge in [0.25, 0.3) is 5.91 Å². The normalized spacial score (nSPS) is 13.8. The first-order valence-corrected chi connectivity index (χ1v) is 6.54. The molecule has 18 heavy (non-hydrogen) atoms. The number of amides is 1. The number of thiocarbonyl (C=S) groups is 1. The van der Waals surface area contributed by atoms with E-state index < -0.39 is 5.54 Å². The van der Waals surface area contributed by atoms with Crippen molar-refractivity contribution in [3.63, 3.8) is 0 Å². The van der Waals surface area contributed by atoms with Crippen LogP contribution in [0, 0.1) is 0 Å². The number of rotatable bonds is 4. The molecule has 1 aromatic rings. The van der Waals surface area contributed by atoms with Crippen molar-refractivity contribution < 1.29 is 4.79 Å². The molecule has 1 amide bonds. The molecule has 0 heterocycles. The Bertz CT molecular complexity index is 493. The molecule has 0 aliphatic carbocycles. The van der Waals surface area contributed by atoms with Crippen molar-refractivity contribution in [1.29, 1.82) is 0 Å². The first-order valence-electron chi connectivity index (χ1n) is 5.37. The number of hydrogen-bond acceptors (Lipinski definition) is 2. The van der Waals surface area contributed by atoms with Crippen molar-refractivity contribution in [1.82, 2.24) is 5.32 Å². The maximum absolute atomic E-state index is 12.1. The minimum atomic E-state index is -0.738. The lowest BCUT2D eigenvalue weighted by molar-refractivity contribution is 0.0926. The van der Waals surface area contributed by atoms with Gasteiger partial charge in [-0.25, -0.2) is 0 Å². The first kappa shape index (κ1) is 15.2. The van der Waals surface area contributed by atoms with Gasteiger partial charge in [0, 0.05) is 5.02 Å². The SMILES string of the molecule is CCC(C)(NC(=O)c1cc(Cl)ccc1Cl)C(N)=S. The fourth-order valence-corrected chi connectivity index (χ4v) is 1.88. The van der Waals surface area contributed by atoms with Gasteiger partial charge in [-0.05, 0) is 31.5 Å². The molecule has 1 rings (SSSR count). The van der Waals surface area contributed by atoms with Crippen LogP contribution in [0.2, 0.25) is 10.0 Å². The molecule has 0 saturated carbocycles. The highest BCUT2D eigenvalue weighted by atomic mass is 35.5. The summed E-state index contributed by atoms with van der Waals surface area (Å²) in [4.78, 5) is 12.4. The number of nitrogens with two attached hydrogens (primary N) is 1. The third-order valence-corrected chi connectivity index (χ3v) is 3.83. The highest BCUT2D eigenvalue weighted by Crippen LogP contribution is 2.21. The van der Waals surface area contributed by atoms with Gasteiger partial charge in [-0.15, -0.1) is 0 Å². The van der Waals surface area contributed by atoms with Crippen LogP contribution < -0.4 is 11.1 Å². The summed E-state index contributed by atoms with van der Waals surface area (Å²) in [7, 11) is 0. The average Bonchev–Trinajstić information content (AvgIpc) is 2.31. The van der Waals surface area contributed by atoms with Crippen molar-refractivity contribution in [2.24, 2.45) is 5.73 Å². The number of carbonyl (C=O) groups excluding carboxylic acids is 1. The minimum Gasteiger partial charge on any atom is -0.391 e. The van der Waals surface area contributed by atoms with E-state index in [2.05, 4.69) is 5.32 Å². The molecule has 98 valence electrons. The Kier molecular flexibility index (Phi) is 4.96. The van der Waals surface area contributed by atoms with Crippen LogP contribution in [0.4, 0.5) is 0 Å². The second-order valence-electron chi connectivity index (χ2n) is 4.13. The molecule has 1 aromatic carbocycles. The molecule has 0 spiro atoms. The van der Waals surface area contributed by atoms with E-state index >= 15 is 0 Å². The lowest BCUT2D eigenvalue weighted by Gasteiger charge is -2.28. The third-order valence-electron chi connectivity index (χ3n) is 2.81. The smallest absolute Gasteiger partial charge is 0.253 e. The predicted octanol–water partition coefficient (Wildman–Crippen LogP) is 3.18. The van der Waals surface area contributed by atoms with E-state index in [1.165, 1.54) is 6.07 Å². The Morgan fingerprint density at radius 3 is 2.61 bits per heavy atom. The molecule has 0 aromatic heterocycles. The molecule has 3 nitrogen and oxygen atoms in total. The van der Waals surface area contributed by atoms with Gasteiger partial charge in [0.15, 0.2) is 0 Å². The zero-order valence-corrected chi connectivity index (χ0v) is 12.4. The second kappa shape index (κ2) is 5.87. The summed E-state index contributed by atoms with van der Waals surface area (Å²) in [6.07, 6.45) is 0.590. The van der Waals surface area contributed by atoms with Crippen molar-refractivity contribution in [3.8, 4) is 0 Å². The molecule has 3 N–H and O–H groups in total. The maximum Gasteiger partial charge on any atom is 0.253 e. The van der Waals surface area contributed by atoms with E-state index in [0.29, 0.717) is 22.0 Å². The van der Waals surface area contributed by atoms with E-state index in [4.69, 9.17) is 41.2 Å². The fourth-order valence-electron chi connectivity index (χ4n) is 1.31. The monoisotopic (exact) mass is 304 g/mol. The molecule has 0 radical (unpaired) electrons. The van der Waals surface area contributed by atoms with Gasteiger partial charge < -0.3 is 11.1 Å². The van der Waals surface area contributed by atoms with Crippen LogP contribution in [0.25, 0.3) is 0 Å². The molecule has 1 atom stereocenters. The maximum atomic E-state index is 12.1. The molecular weight excluding hydrogens is 291 g/mol. The zero-order valence-electron chi connectivity index (χ0n) is 10.1. The van der Waals surface area contributed by atoms with Crippen LogP contribution >= 0.6 is 35.4 Å². The fraction of sp³-hybridized carbons (Fsp3) is 0.333. The van der Waals surface area contributed by atoms with Crippen molar-refractivity contribution in [2.75, 3.05) is 0 Å². The molecule has 0 fully saturated rings. The molecular formula is C12H14Cl2N2OS. The second-order valence-corrected chi connectivity index (χ2v) is 5.41. The highest BCUT2D eigenvalue weighted by Gasteiger charge is 2.28. The van der Waals surface area contributed by atoms with Crippen molar-refractivity contribution in [3.05, 3.63) is 33.8 Å². The van der Waals surface area contributed by atoms with Crippen molar-refractivity contribution >= 4 is 46.3 Å². The zero-order chi connectivity index (χ0) is 13.9. The van der Waals surface area contributed by atoms with Crippen LogP contribution in [0.1, 0.15) is 30.6 Å². The third kappa shape index (κ3) is 3.34. The van der Waals surface area contributed by atoms with Gasteiger partial charge in [-0.2, -0.15) is 0 Å². The molecule has 0 saturated heterocycles. The Morgan fingerprint density at radius 1 is 1.50 bits per heavy atom. The summed E-state index contributed by atoms with van der Waals surface area (Å²) in [6, 6.07) is 4.70. The van der Waals surface area contributed by atoms with E-state index in [1.807, 2.05) is 6.92 Å². The van der Waals surface area contributed by atoms with Gasteiger partial charge in [-0.1, -0.05) is 42.3 Å². The largest absolute Gasteiger partial charge is 0.391 e. The van der Waals surface area contributed by atoms with Crippen LogP contribution in [0.3, 0.4) is 0 Å². The van der Waals surface area contributed by atoms with Gasteiger partial charge in [0.2, 0.25) is 0 Å². The van der Waals surface area contributed by atoms with E-state index in [1.54, 1.807) is 19.1 Å². The molecule has 0 aliphatic rings. The van der Waals surface area contributed by atoms with Gasteiger partial charge in [-0.3, -0.25) is 4.79 Å². The van der Waals surface area contributed by atoms with Crippen molar-refractivity contribution in [2.45, 2.75) is 25.8 Å². The Hall–Kier alpha value is -0.840. The standard InChI is InChI=1S/C12H14Cl2N2OS/c1-3-12(2,11(15)18)16-10(17)8-6-7(13)4-5-9(8)14/h4-6H,3H2,1-2H3,(H2,15,18)(H,16,17). The summed E-state index contributed by atoms with van der Waals surface area (Å²) in [5.74, 6) is -0.348. The number of hydrogen-bond donors (Lipinski definition) is 2. The van der Waals surface area contributed by atoms with E-state index in [-0.39, 0.29) is 10.9 Å². The number of benzene rings is 1. The predicted molar refractivity (Wildman–Crippen MR) is 79.4 cm³/mol. The summed E-state index contributed by atoms with van der Waals surface area (Å²) in [5, 5.41) is 3.55. The topological polar surface area (TPSA) is 55.1 Å². The first-order chi connectivity index (χ1) is 8.30. The van der Waals surface area contributed by atoms with Crippen LogP contribution in [0.15, 0.2) is 18.2 Å². The molecule has 0 bridgehead atoms. The van der Waals surface area contributed by atoms with Crippen LogP contribution in [-0.4, -0.2) is 16.4 Å². The summed E-state index contributed by atoms with van der Waals surface area (Å²) >= 11 is 16.8. The highest BCUT2D eigenvalue weighted by molar-refractivity contribution is 7.80. The van der Waals surface area contributed by atoms with E-state index in [0.717, 1.165) is 0 Å². The summed E-state index contributed by atoms with van der Waals surface area (Å²) in [5.41, 5.74) is 5.20. The van der Waals surface area contributed by atoms with Crippen LogP contribution in [0.5, 0.6) is 0 Å². The molecule has 0 aliphatic heterocycles. The Labute approximate surface area is 122 Å². The average molecular weight is 305 g/mol. The number of halogens is 2. The summed E-state index contributed by atoms with van der Waals surface area (Å²) < 4.78 is 0. The quantitative estimate of drug-likeness (QED) is 0.840. The van der Waals surface area contributed by atoms with E-state index in [9.17, 15) is 4.79 Å². The summed E-state index contributed by atoms with van der Waals surface area (Å²) in [6.45, 7) is 3.66. The van der Waals surface area contributed by atoms with Gasteiger partial charge in [0.05, 0.1) is 21.1 Å². The van der Waals surface area contributed by atoms with Crippen LogP contribution in [-0.2, 0) is 0 Å². The molecule has 1 unspecified atom stereocenters. The molecule has 6 heteroatoms. The Morgan fingerprint density at radius 2 is 2.11 bits per heavy atom. The lowest BCUT2D eigenvalue weighted by Crippen LogP contribution is -2.54. The van der Waals surface area contributed by atoms with Gasteiger partial charge in [0.1, 0.15) is 0 Å². The number of nitrogens with one attached hydrogen (secondary N) is 1.